The summed E-state index contributed by atoms with van der Waals surface area (Å²) in [5.74, 6) is -0.0301. The lowest BCUT2D eigenvalue weighted by Gasteiger charge is -2.33. The molecule has 134 valence electrons. The Morgan fingerprint density at radius 1 is 1.24 bits per heavy atom. The fraction of sp³-hybridized carbons (Fsp3) is 0.500. The maximum atomic E-state index is 12.5. The van der Waals surface area contributed by atoms with Gasteiger partial charge in [-0.1, -0.05) is 18.6 Å². The number of benzene rings is 1. The van der Waals surface area contributed by atoms with Gasteiger partial charge in [0.2, 0.25) is 0 Å². The van der Waals surface area contributed by atoms with E-state index in [0.29, 0.717) is 18.2 Å². The highest BCUT2D eigenvalue weighted by Crippen LogP contribution is 2.17. The van der Waals surface area contributed by atoms with E-state index in [0.717, 1.165) is 25.1 Å². The summed E-state index contributed by atoms with van der Waals surface area (Å²) < 4.78 is 1.73. The van der Waals surface area contributed by atoms with Gasteiger partial charge in [-0.2, -0.15) is 5.10 Å². The number of aromatic nitrogens is 2. The number of likely N-dealkylation sites (tertiary alicyclic amines) is 1. The first-order chi connectivity index (χ1) is 12.3. The van der Waals surface area contributed by atoms with Crippen molar-refractivity contribution in [1.29, 1.82) is 0 Å². The molecule has 1 aliphatic heterocycles. The molecule has 5 heteroatoms. The molecule has 2 heterocycles. The van der Waals surface area contributed by atoms with E-state index in [1.54, 1.807) is 10.9 Å². The molecule has 0 spiro atoms. The van der Waals surface area contributed by atoms with Crippen molar-refractivity contribution in [2.45, 2.75) is 45.1 Å². The number of amides is 1. The summed E-state index contributed by atoms with van der Waals surface area (Å²) in [7, 11) is 0. The van der Waals surface area contributed by atoms with Crippen LogP contribution in [0.15, 0.2) is 42.7 Å². The van der Waals surface area contributed by atoms with Gasteiger partial charge in [0, 0.05) is 25.0 Å². The van der Waals surface area contributed by atoms with Crippen molar-refractivity contribution in [3.05, 3.63) is 48.3 Å². The van der Waals surface area contributed by atoms with Gasteiger partial charge in [0.05, 0.1) is 11.3 Å². The van der Waals surface area contributed by atoms with Gasteiger partial charge in [-0.25, -0.2) is 4.68 Å². The molecule has 5 nitrogen and oxygen atoms in total. The Morgan fingerprint density at radius 2 is 2.12 bits per heavy atom. The molecule has 1 unspecified atom stereocenters. The van der Waals surface area contributed by atoms with E-state index in [1.165, 1.54) is 25.8 Å². The highest BCUT2D eigenvalue weighted by Gasteiger charge is 2.17. The highest BCUT2D eigenvalue weighted by atomic mass is 16.1. The van der Waals surface area contributed by atoms with Gasteiger partial charge < -0.3 is 10.2 Å². The predicted octanol–water partition coefficient (Wildman–Crippen LogP) is 3.26. The third-order valence-corrected chi connectivity index (χ3v) is 5.00. The maximum Gasteiger partial charge on any atom is 0.253 e. The molecule has 0 saturated carbocycles. The number of hydrogen-bond acceptors (Lipinski definition) is 3. The standard InChI is InChI=1S/C20H28N4O/c1-17-9-4-6-14-23(17)15-7-5-12-21-20(25)18-10-2-3-11-19(18)24-16-8-13-22-24/h2-3,8,10-11,13,16-17H,4-7,9,12,14-15H2,1H3,(H,21,25). The van der Waals surface area contributed by atoms with Crippen LogP contribution in [-0.4, -0.2) is 46.3 Å². The molecule has 1 aliphatic rings. The Morgan fingerprint density at radius 3 is 2.92 bits per heavy atom. The van der Waals surface area contributed by atoms with E-state index >= 15 is 0 Å². The van der Waals surface area contributed by atoms with Crippen LogP contribution in [0.1, 0.15) is 49.4 Å². The number of unbranched alkanes of at least 4 members (excludes halogenated alkanes) is 1. The molecule has 0 aliphatic carbocycles. The molecule has 1 aromatic carbocycles. The number of nitrogens with one attached hydrogen (secondary N) is 1. The summed E-state index contributed by atoms with van der Waals surface area (Å²) in [6, 6.07) is 10.1. The summed E-state index contributed by atoms with van der Waals surface area (Å²) in [6.45, 7) is 5.41. The van der Waals surface area contributed by atoms with Gasteiger partial charge in [0.25, 0.3) is 5.91 Å². The lowest BCUT2D eigenvalue weighted by atomic mass is 10.0. The predicted molar refractivity (Wildman–Crippen MR) is 100 cm³/mol. The summed E-state index contributed by atoms with van der Waals surface area (Å²) in [5, 5.41) is 7.28. The van der Waals surface area contributed by atoms with Crippen LogP contribution in [0, 0.1) is 0 Å². The number of carbonyl (C=O) groups is 1. The van der Waals surface area contributed by atoms with Gasteiger partial charge >= 0.3 is 0 Å². The van der Waals surface area contributed by atoms with E-state index in [2.05, 4.69) is 22.2 Å². The van der Waals surface area contributed by atoms with Gasteiger partial charge in [0.15, 0.2) is 0 Å². The molecule has 1 atom stereocenters. The average Bonchev–Trinajstić information content (AvgIpc) is 3.17. The van der Waals surface area contributed by atoms with Gasteiger partial charge in [-0.15, -0.1) is 0 Å². The molecule has 1 N–H and O–H groups in total. The van der Waals surface area contributed by atoms with Crippen LogP contribution in [0.2, 0.25) is 0 Å². The maximum absolute atomic E-state index is 12.5. The molecule has 1 amide bonds. The van der Waals surface area contributed by atoms with Crippen molar-refractivity contribution in [3.63, 3.8) is 0 Å². The first kappa shape index (κ1) is 17.7. The van der Waals surface area contributed by atoms with Crippen LogP contribution in [0.3, 0.4) is 0 Å². The van der Waals surface area contributed by atoms with E-state index in [1.807, 2.05) is 36.5 Å². The van der Waals surface area contributed by atoms with Crippen LogP contribution in [0.5, 0.6) is 0 Å². The number of hydrogen-bond donors (Lipinski definition) is 1. The first-order valence-electron chi connectivity index (χ1n) is 9.37. The van der Waals surface area contributed by atoms with Crippen LogP contribution >= 0.6 is 0 Å². The van der Waals surface area contributed by atoms with Crippen molar-refractivity contribution >= 4 is 5.91 Å². The molecule has 1 aromatic heterocycles. The van der Waals surface area contributed by atoms with Gasteiger partial charge in [-0.05, 0) is 63.9 Å². The lowest BCUT2D eigenvalue weighted by molar-refractivity contribution is 0.0951. The number of rotatable bonds is 7. The van der Waals surface area contributed by atoms with E-state index < -0.39 is 0 Å². The second-order valence-electron chi connectivity index (χ2n) is 6.81. The monoisotopic (exact) mass is 340 g/mol. The summed E-state index contributed by atoms with van der Waals surface area (Å²) in [4.78, 5) is 15.1. The zero-order valence-corrected chi connectivity index (χ0v) is 15.0. The third-order valence-electron chi connectivity index (χ3n) is 5.00. The molecule has 2 aromatic rings. The second kappa shape index (κ2) is 8.81. The number of piperidine rings is 1. The SMILES string of the molecule is CC1CCCCN1CCCCNC(=O)c1ccccc1-n1cccn1. The topological polar surface area (TPSA) is 50.2 Å². The van der Waals surface area contributed by atoms with Crippen LogP contribution < -0.4 is 5.32 Å². The molecular weight excluding hydrogens is 312 g/mol. The number of para-hydroxylation sites is 1. The Balaban J connectivity index is 1.46. The normalized spacial score (nSPS) is 18.2. The molecule has 1 fully saturated rings. The minimum absolute atomic E-state index is 0.0301. The lowest BCUT2D eigenvalue weighted by Crippen LogP contribution is -2.38. The molecule has 3 rings (SSSR count). The fourth-order valence-corrected chi connectivity index (χ4v) is 3.50. The zero-order valence-electron chi connectivity index (χ0n) is 15.0. The summed E-state index contributed by atoms with van der Waals surface area (Å²) >= 11 is 0. The zero-order chi connectivity index (χ0) is 17.5. The summed E-state index contributed by atoms with van der Waals surface area (Å²) in [6.07, 6.45) is 9.72. The van der Waals surface area contributed by atoms with E-state index in [-0.39, 0.29) is 5.91 Å². The van der Waals surface area contributed by atoms with Crippen molar-refractivity contribution in [1.82, 2.24) is 20.0 Å². The van der Waals surface area contributed by atoms with Gasteiger partial charge in [-0.3, -0.25) is 4.79 Å². The molecular formula is C20H28N4O. The Kier molecular flexibility index (Phi) is 6.23. The van der Waals surface area contributed by atoms with Crippen LogP contribution in [0.4, 0.5) is 0 Å². The molecule has 0 radical (unpaired) electrons. The second-order valence-corrected chi connectivity index (χ2v) is 6.81. The first-order valence-corrected chi connectivity index (χ1v) is 9.37. The third kappa shape index (κ3) is 4.69. The molecule has 0 bridgehead atoms. The fourth-order valence-electron chi connectivity index (χ4n) is 3.50. The highest BCUT2D eigenvalue weighted by molar-refractivity contribution is 5.97. The van der Waals surface area contributed by atoms with Crippen molar-refractivity contribution in [3.8, 4) is 5.69 Å². The molecule has 25 heavy (non-hydrogen) atoms. The Hall–Kier alpha value is -2.14. The Labute approximate surface area is 150 Å². The Bertz CT molecular complexity index is 668. The number of nitrogens with zero attached hydrogens (tertiary/aromatic N) is 3. The largest absolute Gasteiger partial charge is 0.352 e. The smallest absolute Gasteiger partial charge is 0.253 e. The van der Waals surface area contributed by atoms with Crippen molar-refractivity contribution < 1.29 is 4.79 Å². The molecule has 1 saturated heterocycles. The average molecular weight is 340 g/mol. The van der Waals surface area contributed by atoms with E-state index in [9.17, 15) is 4.79 Å². The van der Waals surface area contributed by atoms with Crippen molar-refractivity contribution in [2.75, 3.05) is 19.6 Å². The van der Waals surface area contributed by atoms with Crippen molar-refractivity contribution in [2.24, 2.45) is 0 Å². The minimum Gasteiger partial charge on any atom is -0.352 e. The quantitative estimate of drug-likeness (QED) is 0.787. The number of carbonyl (C=O) groups excluding carboxylic acids is 1. The minimum atomic E-state index is -0.0301. The van der Waals surface area contributed by atoms with E-state index in [4.69, 9.17) is 0 Å². The van der Waals surface area contributed by atoms with Gasteiger partial charge in [0.1, 0.15) is 0 Å². The van der Waals surface area contributed by atoms with Crippen LogP contribution in [-0.2, 0) is 0 Å². The summed E-state index contributed by atoms with van der Waals surface area (Å²) in [5.41, 5.74) is 1.47. The van der Waals surface area contributed by atoms with Crippen LogP contribution in [0.25, 0.3) is 5.69 Å².